The quantitative estimate of drug-likeness (QED) is 0.817. The Balaban J connectivity index is 1.80. The Bertz CT molecular complexity index is 431. The molecule has 110 valence electrons. The third-order valence-corrected chi connectivity index (χ3v) is 3.18. The lowest BCUT2D eigenvalue weighted by Gasteiger charge is -2.23. The van der Waals surface area contributed by atoms with Gasteiger partial charge in [-0.1, -0.05) is 18.2 Å². The maximum absolute atomic E-state index is 11.9. The fourth-order valence-corrected chi connectivity index (χ4v) is 2.19. The molecule has 0 radical (unpaired) electrons. The number of ether oxygens (including phenoxy) is 2. The molecule has 1 aliphatic heterocycles. The van der Waals surface area contributed by atoms with E-state index in [2.05, 4.69) is 10.6 Å². The molecule has 1 aromatic rings. The van der Waals surface area contributed by atoms with E-state index in [4.69, 9.17) is 9.47 Å². The fourth-order valence-electron chi connectivity index (χ4n) is 2.19. The Labute approximate surface area is 119 Å². The minimum absolute atomic E-state index is 0.0271. The molecule has 1 unspecified atom stereocenters. The summed E-state index contributed by atoms with van der Waals surface area (Å²) in [7, 11) is 0. The number of hydrogen-bond donors (Lipinski definition) is 2. The maximum Gasteiger partial charge on any atom is 0.221 e. The lowest BCUT2D eigenvalue weighted by atomic mass is 10.1. The second kappa shape index (κ2) is 7.87. The second-order valence-corrected chi connectivity index (χ2v) is 4.75. The first-order valence-electron chi connectivity index (χ1n) is 7.08. The lowest BCUT2D eigenvalue weighted by Crippen LogP contribution is -2.44. The highest BCUT2D eigenvalue weighted by Gasteiger charge is 2.16. The predicted molar refractivity (Wildman–Crippen MR) is 76.7 cm³/mol. The highest BCUT2D eigenvalue weighted by molar-refractivity contribution is 5.76. The van der Waals surface area contributed by atoms with Crippen LogP contribution in [0.1, 0.15) is 18.9 Å². The summed E-state index contributed by atoms with van der Waals surface area (Å²) in [5.41, 5.74) is 0.996. The van der Waals surface area contributed by atoms with Gasteiger partial charge in [0.05, 0.1) is 19.8 Å². The van der Waals surface area contributed by atoms with Gasteiger partial charge in [0.25, 0.3) is 0 Å². The van der Waals surface area contributed by atoms with Gasteiger partial charge in [-0.15, -0.1) is 0 Å². The molecule has 0 aliphatic carbocycles. The number of para-hydroxylation sites is 1. The molecule has 0 saturated carbocycles. The average Bonchev–Trinajstić information content (AvgIpc) is 2.48. The van der Waals surface area contributed by atoms with Gasteiger partial charge in [0, 0.05) is 31.1 Å². The minimum Gasteiger partial charge on any atom is -0.494 e. The van der Waals surface area contributed by atoms with Crippen molar-refractivity contribution in [2.45, 2.75) is 25.9 Å². The molecule has 0 spiro atoms. The van der Waals surface area contributed by atoms with Gasteiger partial charge in [-0.2, -0.15) is 0 Å². The van der Waals surface area contributed by atoms with E-state index < -0.39 is 0 Å². The van der Waals surface area contributed by atoms with Gasteiger partial charge >= 0.3 is 0 Å². The molecule has 2 N–H and O–H groups in total. The normalized spacial score (nSPS) is 18.6. The smallest absolute Gasteiger partial charge is 0.221 e. The standard InChI is InChI=1S/C15H22N2O3/c1-2-20-14-6-4-3-5-12(14)10-17-15(18)9-13-11-19-8-7-16-13/h3-6,13,16H,2,7-11H2,1H3,(H,17,18). The van der Waals surface area contributed by atoms with Crippen LogP contribution in [0.4, 0.5) is 0 Å². The second-order valence-electron chi connectivity index (χ2n) is 4.75. The molecule has 2 rings (SSSR count). The van der Waals surface area contributed by atoms with Gasteiger partial charge in [-0.3, -0.25) is 4.79 Å². The van der Waals surface area contributed by atoms with E-state index in [1.165, 1.54) is 0 Å². The molecule has 1 heterocycles. The minimum atomic E-state index is 0.0271. The average molecular weight is 278 g/mol. The van der Waals surface area contributed by atoms with Crippen molar-refractivity contribution in [1.29, 1.82) is 0 Å². The Morgan fingerprint density at radius 2 is 2.35 bits per heavy atom. The van der Waals surface area contributed by atoms with Crippen LogP contribution in [0.15, 0.2) is 24.3 Å². The SMILES string of the molecule is CCOc1ccccc1CNC(=O)CC1COCCN1. The Morgan fingerprint density at radius 3 is 3.10 bits per heavy atom. The molecule has 20 heavy (non-hydrogen) atoms. The molecule has 5 nitrogen and oxygen atoms in total. The summed E-state index contributed by atoms with van der Waals surface area (Å²) >= 11 is 0. The van der Waals surface area contributed by atoms with E-state index in [-0.39, 0.29) is 11.9 Å². The van der Waals surface area contributed by atoms with Gasteiger partial charge in [-0.05, 0) is 13.0 Å². The number of nitrogens with one attached hydrogen (secondary N) is 2. The lowest BCUT2D eigenvalue weighted by molar-refractivity contribution is -0.122. The van der Waals surface area contributed by atoms with Gasteiger partial charge in [0.15, 0.2) is 0 Å². The molecular formula is C15H22N2O3. The van der Waals surface area contributed by atoms with Crippen LogP contribution >= 0.6 is 0 Å². The zero-order valence-electron chi connectivity index (χ0n) is 11.9. The summed E-state index contributed by atoms with van der Waals surface area (Å²) in [6, 6.07) is 7.88. The third-order valence-electron chi connectivity index (χ3n) is 3.18. The Hall–Kier alpha value is -1.59. The third kappa shape index (κ3) is 4.51. The van der Waals surface area contributed by atoms with Gasteiger partial charge in [0.1, 0.15) is 5.75 Å². The van der Waals surface area contributed by atoms with Crippen LogP contribution in [-0.4, -0.2) is 38.3 Å². The topological polar surface area (TPSA) is 59.6 Å². The van der Waals surface area contributed by atoms with E-state index in [0.29, 0.717) is 26.2 Å². The zero-order chi connectivity index (χ0) is 14.2. The van der Waals surface area contributed by atoms with Crippen molar-refractivity contribution in [2.24, 2.45) is 0 Å². The van der Waals surface area contributed by atoms with Gasteiger partial charge in [-0.25, -0.2) is 0 Å². The molecule has 1 amide bonds. The molecule has 1 aliphatic rings. The molecular weight excluding hydrogens is 256 g/mol. The summed E-state index contributed by atoms with van der Waals surface area (Å²) in [6.07, 6.45) is 0.441. The number of hydrogen-bond acceptors (Lipinski definition) is 4. The van der Waals surface area contributed by atoms with Crippen molar-refractivity contribution in [3.05, 3.63) is 29.8 Å². The van der Waals surface area contributed by atoms with Crippen LogP contribution in [-0.2, 0) is 16.1 Å². The number of amides is 1. The number of carbonyl (C=O) groups excluding carboxylic acids is 1. The van der Waals surface area contributed by atoms with Crippen LogP contribution in [0.2, 0.25) is 0 Å². The predicted octanol–water partition coefficient (Wildman–Crippen LogP) is 1.08. The summed E-state index contributed by atoms with van der Waals surface area (Å²) < 4.78 is 10.9. The van der Waals surface area contributed by atoms with Crippen molar-refractivity contribution in [1.82, 2.24) is 10.6 Å². The first-order chi connectivity index (χ1) is 9.79. The number of morpholine rings is 1. The monoisotopic (exact) mass is 278 g/mol. The number of benzene rings is 1. The van der Waals surface area contributed by atoms with Crippen LogP contribution < -0.4 is 15.4 Å². The van der Waals surface area contributed by atoms with Crippen molar-refractivity contribution in [3.63, 3.8) is 0 Å². The summed E-state index contributed by atoms with van der Waals surface area (Å²) in [4.78, 5) is 11.9. The van der Waals surface area contributed by atoms with Crippen LogP contribution in [0, 0.1) is 0 Å². The highest BCUT2D eigenvalue weighted by Crippen LogP contribution is 2.17. The van der Waals surface area contributed by atoms with Crippen molar-refractivity contribution < 1.29 is 14.3 Å². The fraction of sp³-hybridized carbons (Fsp3) is 0.533. The van der Waals surface area contributed by atoms with E-state index in [0.717, 1.165) is 24.5 Å². The summed E-state index contributed by atoms with van der Waals surface area (Å²) in [5, 5.41) is 6.20. The van der Waals surface area contributed by atoms with Gasteiger partial charge in [0.2, 0.25) is 5.91 Å². The van der Waals surface area contributed by atoms with E-state index in [1.54, 1.807) is 0 Å². The first kappa shape index (κ1) is 14.8. The molecule has 1 atom stereocenters. The van der Waals surface area contributed by atoms with E-state index in [1.807, 2.05) is 31.2 Å². The summed E-state index contributed by atoms with van der Waals surface area (Å²) in [5.74, 6) is 0.855. The molecule has 1 saturated heterocycles. The highest BCUT2D eigenvalue weighted by atomic mass is 16.5. The van der Waals surface area contributed by atoms with Gasteiger partial charge < -0.3 is 20.1 Å². The summed E-state index contributed by atoms with van der Waals surface area (Å²) in [6.45, 7) is 5.19. The van der Waals surface area contributed by atoms with E-state index in [9.17, 15) is 4.79 Å². The molecule has 1 fully saturated rings. The molecule has 0 aromatic heterocycles. The van der Waals surface area contributed by atoms with Crippen LogP contribution in [0.3, 0.4) is 0 Å². The van der Waals surface area contributed by atoms with Crippen molar-refractivity contribution in [2.75, 3.05) is 26.4 Å². The Morgan fingerprint density at radius 1 is 1.50 bits per heavy atom. The molecule has 5 heteroatoms. The van der Waals surface area contributed by atoms with Crippen molar-refractivity contribution >= 4 is 5.91 Å². The number of rotatable bonds is 6. The molecule has 0 bridgehead atoms. The first-order valence-corrected chi connectivity index (χ1v) is 7.08. The van der Waals surface area contributed by atoms with Crippen LogP contribution in [0.25, 0.3) is 0 Å². The molecule has 1 aromatic carbocycles. The van der Waals surface area contributed by atoms with E-state index >= 15 is 0 Å². The largest absolute Gasteiger partial charge is 0.494 e. The van der Waals surface area contributed by atoms with Crippen molar-refractivity contribution in [3.8, 4) is 5.75 Å². The Kier molecular flexibility index (Phi) is 5.83. The zero-order valence-corrected chi connectivity index (χ0v) is 11.9. The maximum atomic E-state index is 11.9. The van der Waals surface area contributed by atoms with Crippen LogP contribution in [0.5, 0.6) is 5.75 Å². The number of carbonyl (C=O) groups is 1.